The molecule has 3 nitrogen and oxygen atoms in total. The van der Waals surface area contributed by atoms with Crippen molar-refractivity contribution in [2.75, 3.05) is 32.7 Å². The number of carbonyl (C=O) groups is 1. The molecule has 0 unspecified atom stereocenters. The van der Waals surface area contributed by atoms with E-state index in [0.29, 0.717) is 12.0 Å². The number of benzene rings is 1. The van der Waals surface area contributed by atoms with Crippen molar-refractivity contribution in [3.8, 4) is 0 Å². The molecule has 1 aliphatic heterocycles. The summed E-state index contributed by atoms with van der Waals surface area (Å²) in [6.07, 6.45) is 0.506. The average Bonchev–Trinajstić information content (AvgIpc) is 2.38. The molecule has 0 bridgehead atoms. The van der Waals surface area contributed by atoms with Crippen molar-refractivity contribution >= 4 is 30.6 Å². The number of ketones is 1. The molecule has 0 saturated carbocycles. The van der Waals surface area contributed by atoms with Gasteiger partial charge in [0.15, 0.2) is 5.78 Å². The molecule has 1 heterocycles. The SMILES string of the molecule is Cl.Cl.O=C(CCN1CCNCC1)c1ccc(F)cc1. The van der Waals surface area contributed by atoms with Crippen LogP contribution in [-0.2, 0) is 0 Å². The maximum Gasteiger partial charge on any atom is 0.164 e. The maximum absolute atomic E-state index is 12.7. The Bertz CT molecular complexity index is 381. The highest BCUT2D eigenvalue weighted by molar-refractivity contribution is 5.96. The van der Waals surface area contributed by atoms with Crippen LogP contribution in [0.4, 0.5) is 4.39 Å². The number of rotatable bonds is 4. The highest BCUT2D eigenvalue weighted by Crippen LogP contribution is 2.06. The van der Waals surface area contributed by atoms with E-state index in [1.54, 1.807) is 12.1 Å². The van der Waals surface area contributed by atoms with Crippen molar-refractivity contribution in [2.24, 2.45) is 0 Å². The van der Waals surface area contributed by atoms with Gasteiger partial charge in [-0.15, -0.1) is 24.8 Å². The quantitative estimate of drug-likeness (QED) is 0.865. The molecule has 6 heteroatoms. The number of Topliss-reactive ketones (excluding diaryl/α,β-unsaturated/α-hetero) is 1. The highest BCUT2D eigenvalue weighted by atomic mass is 35.5. The van der Waals surface area contributed by atoms with Gasteiger partial charge in [0, 0.05) is 44.7 Å². The Morgan fingerprint density at radius 2 is 1.74 bits per heavy atom. The van der Waals surface area contributed by atoms with Crippen LogP contribution in [0.5, 0.6) is 0 Å². The van der Waals surface area contributed by atoms with Crippen molar-refractivity contribution in [3.05, 3.63) is 35.6 Å². The first-order valence-electron chi connectivity index (χ1n) is 5.97. The number of nitrogens with zero attached hydrogens (tertiary/aromatic N) is 1. The molecule has 1 saturated heterocycles. The number of halogens is 3. The zero-order valence-corrected chi connectivity index (χ0v) is 12.2. The lowest BCUT2D eigenvalue weighted by atomic mass is 10.1. The Labute approximate surface area is 125 Å². The van der Waals surface area contributed by atoms with Crippen LogP contribution in [0.15, 0.2) is 24.3 Å². The summed E-state index contributed by atoms with van der Waals surface area (Å²) in [6.45, 7) is 4.76. The van der Waals surface area contributed by atoms with Gasteiger partial charge in [-0.05, 0) is 24.3 Å². The Morgan fingerprint density at radius 3 is 2.32 bits per heavy atom. The Balaban J connectivity index is 0.00000162. The summed E-state index contributed by atoms with van der Waals surface area (Å²) in [5.74, 6) is -0.216. The molecule has 0 atom stereocenters. The predicted octanol–water partition coefficient (Wildman–Crippen LogP) is 2.15. The lowest BCUT2D eigenvalue weighted by Crippen LogP contribution is -2.44. The second-order valence-corrected chi connectivity index (χ2v) is 4.27. The first kappa shape index (κ1) is 18.3. The minimum atomic E-state index is -0.302. The largest absolute Gasteiger partial charge is 0.314 e. The first-order valence-corrected chi connectivity index (χ1v) is 5.97. The van der Waals surface area contributed by atoms with Gasteiger partial charge in [0.25, 0.3) is 0 Å². The van der Waals surface area contributed by atoms with Crippen molar-refractivity contribution in [3.63, 3.8) is 0 Å². The van der Waals surface area contributed by atoms with Gasteiger partial charge in [-0.2, -0.15) is 0 Å². The van der Waals surface area contributed by atoms with Crippen molar-refractivity contribution in [1.29, 1.82) is 0 Å². The zero-order chi connectivity index (χ0) is 12.1. The third-order valence-corrected chi connectivity index (χ3v) is 3.03. The average molecular weight is 309 g/mol. The van der Waals surface area contributed by atoms with Gasteiger partial charge in [0.05, 0.1) is 0 Å². The fourth-order valence-corrected chi connectivity index (χ4v) is 1.97. The number of hydrogen-bond acceptors (Lipinski definition) is 3. The molecule has 0 spiro atoms. The Morgan fingerprint density at radius 1 is 1.16 bits per heavy atom. The second kappa shape index (κ2) is 9.26. The monoisotopic (exact) mass is 308 g/mol. The summed E-state index contributed by atoms with van der Waals surface area (Å²) in [5, 5.41) is 3.27. The van der Waals surface area contributed by atoms with Crippen LogP contribution in [0.2, 0.25) is 0 Å². The van der Waals surface area contributed by atoms with Crippen LogP contribution < -0.4 is 5.32 Å². The molecule has 1 aliphatic rings. The van der Waals surface area contributed by atoms with Crippen molar-refractivity contribution < 1.29 is 9.18 Å². The maximum atomic E-state index is 12.7. The van der Waals surface area contributed by atoms with Crippen LogP contribution in [0.25, 0.3) is 0 Å². The summed E-state index contributed by atoms with van der Waals surface area (Å²) in [5.41, 5.74) is 0.599. The van der Waals surface area contributed by atoms with E-state index in [0.717, 1.165) is 32.7 Å². The molecular formula is C13H19Cl2FN2O. The van der Waals surface area contributed by atoms with Gasteiger partial charge in [-0.3, -0.25) is 4.79 Å². The van der Waals surface area contributed by atoms with Gasteiger partial charge in [0.2, 0.25) is 0 Å². The van der Waals surface area contributed by atoms with Crippen molar-refractivity contribution in [2.45, 2.75) is 6.42 Å². The van der Waals surface area contributed by atoms with E-state index in [-0.39, 0.29) is 36.4 Å². The smallest absolute Gasteiger partial charge is 0.164 e. The molecule has 1 aromatic rings. The number of nitrogens with one attached hydrogen (secondary N) is 1. The molecule has 19 heavy (non-hydrogen) atoms. The lowest BCUT2D eigenvalue weighted by Gasteiger charge is -2.26. The summed E-state index contributed by atoms with van der Waals surface area (Å²) in [6, 6.07) is 5.76. The minimum Gasteiger partial charge on any atom is -0.314 e. The molecule has 0 aliphatic carbocycles. The minimum absolute atomic E-state index is 0. The summed E-state index contributed by atoms with van der Waals surface area (Å²) < 4.78 is 12.7. The standard InChI is InChI=1S/C13H17FN2O.2ClH/c14-12-3-1-11(2-4-12)13(17)5-8-16-9-6-15-7-10-16;;/h1-4,15H,5-10H2;2*1H. The summed E-state index contributed by atoms with van der Waals surface area (Å²) in [7, 11) is 0. The highest BCUT2D eigenvalue weighted by Gasteiger charge is 2.12. The third-order valence-electron chi connectivity index (χ3n) is 3.03. The van der Waals surface area contributed by atoms with E-state index in [9.17, 15) is 9.18 Å². The van der Waals surface area contributed by atoms with E-state index in [4.69, 9.17) is 0 Å². The van der Waals surface area contributed by atoms with Crippen molar-refractivity contribution in [1.82, 2.24) is 10.2 Å². The lowest BCUT2D eigenvalue weighted by molar-refractivity contribution is 0.0960. The van der Waals surface area contributed by atoms with Gasteiger partial charge in [-0.25, -0.2) is 4.39 Å². The molecule has 0 radical (unpaired) electrons. The zero-order valence-electron chi connectivity index (χ0n) is 10.6. The molecule has 2 rings (SSSR count). The Kier molecular flexibility index (Phi) is 8.93. The van der Waals surface area contributed by atoms with Gasteiger partial charge in [-0.1, -0.05) is 0 Å². The van der Waals surface area contributed by atoms with E-state index < -0.39 is 0 Å². The molecule has 1 N–H and O–H groups in total. The van der Waals surface area contributed by atoms with E-state index >= 15 is 0 Å². The van der Waals surface area contributed by atoms with Crippen LogP contribution in [0.1, 0.15) is 16.8 Å². The first-order chi connectivity index (χ1) is 8.25. The molecule has 1 aromatic carbocycles. The fraction of sp³-hybridized carbons (Fsp3) is 0.462. The molecule has 0 amide bonds. The van der Waals surface area contributed by atoms with E-state index in [1.807, 2.05) is 0 Å². The van der Waals surface area contributed by atoms with Crippen LogP contribution >= 0.6 is 24.8 Å². The third kappa shape index (κ3) is 5.87. The Hall–Kier alpha value is -0.680. The second-order valence-electron chi connectivity index (χ2n) is 4.27. The van der Waals surface area contributed by atoms with Crippen LogP contribution in [-0.4, -0.2) is 43.4 Å². The van der Waals surface area contributed by atoms with Gasteiger partial charge < -0.3 is 10.2 Å². The number of carbonyl (C=O) groups excluding carboxylic acids is 1. The number of piperazine rings is 1. The van der Waals surface area contributed by atoms with Gasteiger partial charge >= 0.3 is 0 Å². The molecule has 108 valence electrons. The topological polar surface area (TPSA) is 32.3 Å². The molecular weight excluding hydrogens is 290 g/mol. The summed E-state index contributed by atoms with van der Waals surface area (Å²) >= 11 is 0. The van der Waals surface area contributed by atoms with Crippen LogP contribution in [0.3, 0.4) is 0 Å². The fourth-order valence-electron chi connectivity index (χ4n) is 1.97. The number of hydrogen-bond donors (Lipinski definition) is 1. The predicted molar refractivity (Wildman–Crippen MR) is 79.2 cm³/mol. The normalized spacial score (nSPS) is 15.2. The molecule has 1 fully saturated rings. The van der Waals surface area contributed by atoms with Crippen LogP contribution in [0, 0.1) is 5.82 Å². The van der Waals surface area contributed by atoms with Gasteiger partial charge in [0.1, 0.15) is 5.82 Å². The molecule has 0 aromatic heterocycles. The van der Waals surface area contributed by atoms with E-state index in [2.05, 4.69) is 10.2 Å². The van der Waals surface area contributed by atoms with E-state index in [1.165, 1.54) is 12.1 Å². The summed E-state index contributed by atoms with van der Waals surface area (Å²) in [4.78, 5) is 14.1.